The van der Waals surface area contributed by atoms with Crippen molar-refractivity contribution in [1.82, 2.24) is 0 Å². The average Bonchev–Trinajstić information content (AvgIpc) is 2.20. The molecule has 0 saturated carbocycles. The molecule has 5 heteroatoms. The van der Waals surface area contributed by atoms with Crippen LogP contribution in [0, 0.1) is 11.3 Å². The Balaban J connectivity index is 2.93. The maximum atomic E-state index is 11.7. The molecule has 0 unspecified atom stereocenters. The number of hydrogen-bond acceptors (Lipinski definition) is 3. The fraction of sp³-hybridized carbons (Fsp3) is 0.385. The number of nitrogens with zero attached hydrogens (tertiary/aromatic N) is 1. The van der Waals surface area contributed by atoms with Gasteiger partial charge >= 0.3 is 5.97 Å². The van der Waals surface area contributed by atoms with Crippen LogP contribution in [0.2, 0.25) is 10.0 Å². The van der Waals surface area contributed by atoms with Crippen LogP contribution in [0.5, 0.6) is 0 Å². The Kier molecular flexibility index (Phi) is 4.61. The highest BCUT2D eigenvalue weighted by Crippen LogP contribution is 2.27. The third-order valence-corrected chi connectivity index (χ3v) is 2.69. The fourth-order valence-electron chi connectivity index (χ4n) is 1.36. The highest BCUT2D eigenvalue weighted by Gasteiger charge is 2.19. The summed E-state index contributed by atoms with van der Waals surface area (Å²) in [6, 6.07) is 4.90. The van der Waals surface area contributed by atoms with Crippen molar-refractivity contribution >= 4 is 29.2 Å². The van der Waals surface area contributed by atoms with Gasteiger partial charge in [-0.3, -0.25) is 4.79 Å². The highest BCUT2D eigenvalue weighted by atomic mass is 35.5. The van der Waals surface area contributed by atoms with Crippen LogP contribution in [0.1, 0.15) is 31.9 Å². The zero-order chi connectivity index (χ0) is 13.9. The van der Waals surface area contributed by atoms with Gasteiger partial charge in [0, 0.05) is 15.6 Å². The summed E-state index contributed by atoms with van der Waals surface area (Å²) in [5.41, 5.74) is 0.285. The van der Waals surface area contributed by atoms with Gasteiger partial charge in [-0.05, 0) is 32.9 Å². The number of ether oxygens (including phenoxy) is 1. The largest absolute Gasteiger partial charge is 0.460 e. The Bertz CT molecular complexity index is 490. The lowest BCUT2D eigenvalue weighted by Gasteiger charge is -2.19. The first kappa shape index (κ1) is 14.8. The summed E-state index contributed by atoms with van der Waals surface area (Å²) < 4.78 is 5.19. The van der Waals surface area contributed by atoms with Gasteiger partial charge in [0.2, 0.25) is 0 Å². The number of carbonyl (C=O) groups is 1. The third-order valence-electron chi connectivity index (χ3n) is 2.01. The molecule has 0 heterocycles. The third kappa shape index (κ3) is 4.21. The first-order valence-electron chi connectivity index (χ1n) is 5.33. The first-order chi connectivity index (χ1) is 8.23. The Morgan fingerprint density at radius 3 is 2.22 bits per heavy atom. The van der Waals surface area contributed by atoms with Crippen LogP contribution in [-0.2, 0) is 16.0 Å². The second kappa shape index (κ2) is 5.60. The maximum absolute atomic E-state index is 11.7. The van der Waals surface area contributed by atoms with E-state index < -0.39 is 11.6 Å². The van der Waals surface area contributed by atoms with Gasteiger partial charge in [-0.15, -0.1) is 0 Å². The second-order valence-corrected chi connectivity index (χ2v) is 5.61. The molecular weight excluding hydrogens is 273 g/mol. The van der Waals surface area contributed by atoms with Crippen LogP contribution in [-0.4, -0.2) is 11.6 Å². The molecule has 1 aromatic rings. The molecule has 1 rings (SSSR count). The molecule has 0 aromatic heterocycles. The normalized spacial score (nSPS) is 10.9. The quantitative estimate of drug-likeness (QED) is 0.778. The number of benzene rings is 1. The van der Waals surface area contributed by atoms with Crippen molar-refractivity contribution in [3.8, 4) is 6.07 Å². The predicted molar refractivity (Wildman–Crippen MR) is 70.7 cm³/mol. The highest BCUT2D eigenvalue weighted by molar-refractivity contribution is 6.36. The van der Waals surface area contributed by atoms with Crippen LogP contribution in [0.4, 0.5) is 0 Å². The zero-order valence-electron chi connectivity index (χ0n) is 10.4. The Hall–Kier alpha value is -1.24. The summed E-state index contributed by atoms with van der Waals surface area (Å²) in [6.07, 6.45) is -0.0132. The minimum atomic E-state index is -0.553. The molecule has 96 valence electrons. The number of carbonyl (C=O) groups excluding carboxylic acids is 1. The minimum absolute atomic E-state index is 0.0132. The Morgan fingerprint density at radius 2 is 1.83 bits per heavy atom. The molecule has 18 heavy (non-hydrogen) atoms. The van der Waals surface area contributed by atoms with E-state index in [1.807, 2.05) is 6.07 Å². The smallest absolute Gasteiger partial charge is 0.310 e. The topological polar surface area (TPSA) is 50.1 Å². The summed E-state index contributed by atoms with van der Waals surface area (Å²) in [7, 11) is 0. The van der Waals surface area contributed by atoms with Gasteiger partial charge in [0.05, 0.1) is 18.1 Å². The molecule has 1 aromatic carbocycles. The molecule has 0 amide bonds. The maximum Gasteiger partial charge on any atom is 0.310 e. The molecule has 0 atom stereocenters. The predicted octanol–water partition coefficient (Wildman–Crippen LogP) is 3.75. The molecular formula is C13H13Cl2NO2. The van der Waals surface area contributed by atoms with Gasteiger partial charge in [0.25, 0.3) is 0 Å². The molecule has 3 nitrogen and oxygen atoms in total. The van der Waals surface area contributed by atoms with Crippen molar-refractivity contribution in [1.29, 1.82) is 5.26 Å². The van der Waals surface area contributed by atoms with E-state index in [0.717, 1.165) is 0 Å². The lowest BCUT2D eigenvalue weighted by molar-refractivity contribution is -0.153. The van der Waals surface area contributed by atoms with Crippen LogP contribution in [0.15, 0.2) is 12.1 Å². The van der Waals surface area contributed by atoms with Crippen LogP contribution < -0.4 is 0 Å². The van der Waals surface area contributed by atoms with Gasteiger partial charge in [0.1, 0.15) is 5.60 Å². The monoisotopic (exact) mass is 285 g/mol. The SMILES string of the molecule is CC(C)(C)OC(=O)Cc1c(Cl)cc(C#N)cc1Cl. The summed E-state index contributed by atoms with van der Waals surface area (Å²) >= 11 is 12.0. The molecule has 0 spiro atoms. The van der Waals surface area contributed by atoms with Crippen LogP contribution >= 0.6 is 23.2 Å². The lowest BCUT2D eigenvalue weighted by atomic mass is 10.1. The standard InChI is InChI=1S/C13H13Cl2NO2/c1-13(2,3)18-12(17)6-9-10(14)4-8(7-16)5-11(9)15/h4-5H,6H2,1-3H3. The molecule has 0 bridgehead atoms. The number of hydrogen-bond donors (Lipinski definition) is 0. The summed E-state index contributed by atoms with van der Waals surface area (Å²) in [6.45, 7) is 5.35. The van der Waals surface area contributed by atoms with Gasteiger partial charge in [-0.2, -0.15) is 5.26 Å². The number of nitriles is 1. The van der Waals surface area contributed by atoms with Gasteiger partial charge < -0.3 is 4.74 Å². The average molecular weight is 286 g/mol. The minimum Gasteiger partial charge on any atom is -0.460 e. The number of esters is 1. The van der Waals surface area contributed by atoms with E-state index in [1.165, 1.54) is 12.1 Å². The van der Waals surface area contributed by atoms with Gasteiger partial charge in [-0.25, -0.2) is 0 Å². The van der Waals surface area contributed by atoms with Crippen molar-refractivity contribution in [2.45, 2.75) is 32.8 Å². The van der Waals surface area contributed by atoms with Crippen molar-refractivity contribution in [2.24, 2.45) is 0 Å². The molecule has 0 aliphatic heterocycles. The summed E-state index contributed by atoms with van der Waals surface area (Å²) in [5, 5.41) is 9.35. The number of rotatable bonds is 2. The van der Waals surface area contributed by atoms with E-state index >= 15 is 0 Å². The van der Waals surface area contributed by atoms with E-state index in [0.29, 0.717) is 21.2 Å². The Labute approximate surface area is 116 Å². The lowest BCUT2D eigenvalue weighted by Crippen LogP contribution is -2.25. The van der Waals surface area contributed by atoms with E-state index in [4.69, 9.17) is 33.2 Å². The van der Waals surface area contributed by atoms with Crippen molar-refractivity contribution in [3.05, 3.63) is 33.3 Å². The summed E-state index contributed by atoms with van der Waals surface area (Å²) in [5.74, 6) is -0.406. The molecule has 0 N–H and O–H groups in total. The number of halogens is 2. The van der Waals surface area contributed by atoms with E-state index in [2.05, 4.69) is 0 Å². The van der Waals surface area contributed by atoms with Crippen LogP contribution in [0.25, 0.3) is 0 Å². The van der Waals surface area contributed by atoms with E-state index in [9.17, 15) is 4.79 Å². The fourth-order valence-corrected chi connectivity index (χ4v) is 1.98. The van der Waals surface area contributed by atoms with Crippen molar-refractivity contribution in [2.75, 3.05) is 0 Å². The zero-order valence-corrected chi connectivity index (χ0v) is 11.9. The second-order valence-electron chi connectivity index (χ2n) is 4.79. The molecule has 0 saturated heterocycles. The van der Waals surface area contributed by atoms with Crippen molar-refractivity contribution < 1.29 is 9.53 Å². The van der Waals surface area contributed by atoms with Crippen LogP contribution in [0.3, 0.4) is 0 Å². The van der Waals surface area contributed by atoms with E-state index in [-0.39, 0.29) is 6.42 Å². The van der Waals surface area contributed by atoms with E-state index in [1.54, 1.807) is 20.8 Å². The molecule has 0 aliphatic rings. The van der Waals surface area contributed by atoms with Crippen molar-refractivity contribution in [3.63, 3.8) is 0 Å². The summed E-state index contributed by atoms with van der Waals surface area (Å²) in [4.78, 5) is 11.7. The molecule has 0 fully saturated rings. The molecule has 0 radical (unpaired) electrons. The van der Waals surface area contributed by atoms with Gasteiger partial charge in [-0.1, -0.05) is 23.2 Å². The van der Waals surface area contributed by atoms with Gasteiger partial charge in [0.15, 0.2) is 0 Å². The first-order valence-corrected chi connectivity index (χ1v) is 6.08. The molecule has 0 aliphatic carbocycles. The Morgan fingerprint density at radius 1 is 1.33 bits per heavy atom.